The van der Waals surface area contributed by atoms with Gasteiger partial charge < -0.3 is 4.98 Å². The number of nitrogens with one attached hydrogen (secondary N) is 1. The van der Waals surface area contributed by atoms with E-state index < -0.39 is 6.34 Å². The average molecular weight is 409 g/mol. The first-order chi connectivity index (χ1) is 12.8. The van der Waals surface area contributed by atoms with Crippen molar-refractivity contribution >= 4 is 40.9 Å². The normalized spacial score (nSPS) is 20.6. The summed E-state index contributed by atoms with van der Waals surface area (Å²) < 4.78 is 5.41. The van der Waals surface area contributed by atoms with Crippen molar-refractivity contribution in [3.8, 4) is 0 Å². The molecule has 0 unspecified atom stereocenters. The smallest absolute Gasteiger partial charge is 0.166 e. The number of rotatable bonds is 6. The SMILES string of the molecule is S=P(CCSc1nc2ccccc2[nH]1)(N1CCCCC1)N1CCCCC1. The molecule has 142 valence electrons. The lowest BCUT2D eigenvalue weighted by Gasteiger charge is -2.46. The van der Waals surface area contributed by atoms with Crippen molar-refractivity contribution in [1.29, 1.82) is 0 Å². The second-order valence-electron chi connectivity index (χ2n) is 7.32. The largest absolute Gasteiger partial charge is 0.333 e. The lowest BCUT2D eigenvalue weighted by molar-refractivity contribution is 0.309. The molecule has 4 nitrogen and oxygen atoms in total. The second kappa shape index (κ2) is 8.74. The van der Waals surface area contributed by atoms with E-state index in [0.29, 0.717) is 0 Å². The van der Waals surface area contributed by atoms with Crippen LogP contribution < -0.4 is 0 Å². The molecule has 2 aliphatic rings. The molecule has 0 atom stereocenters. The molecule has 2 fully saturated rings. The summed E-state index contributed by atoms with van der Waals surface area (Å²) in [6, 6.07) is 8.27. The topological polar surface area (TPSA) is 35.2 Å². The zero-order valence-corrected chi connectivity index (χ0v) is 17.9. The Morgan fingerprint density at radius 2 is 1.58 bits per heavy atom. The van der Waals surface area contributed by atoms with Crippen LogP contribution in [0.25, 0.3) is 11.0 Å². The number of imidazole rings is 1. The van der Waals surface area contributed by atoms with Crippen LogP contribution in [-0.2, 0) is 11.8 Å². The Labute approximate surface area is 166 Å². The number of para-hydroxylation sites is 2. The van der Waals surface area contributed by atoms with E-state index in [1.165, 1.54) is 64.7 Å². The molecule has 0 bridgehead atoms. The van der Waals surface area contributed by atoms with Gasteiger partial charge in [-0.15, -0.1) is 0 Å². The predicted octanol–water partition coefficient (Wildman–Crippen LogP) is 4.94. The molecular formula is C19H29N4PS2. The average Bonchev–Trinajstić information content (AvgIpc) is 3.12. The first kappa shape index (κ1) is 18.9. The maximum absolute atomic E-state index is 6.44. The Kier molecular flexibility index (Phi) is 6.37. The van der Waals surface area contributed by atoms with Crippen LogP contribution >= 0.6 is 18.1 Å². The van der Waals surface area contributed by atoms with Gasteiger partial charge in [0.25, 0.3) is 0 Å². The summed E-state index contributed by atoms with van der Waals surface area (Å²) in [4.78, 5) is 8.16. The van der Waals surface area contributed by atoms with Crippen LogP contribution in [0.2, 0.25) is 0 Å². The molecule has 2 aliphatic heterocycles. The molecule has 7 heteroatoms. The molecular weight excluding hydrogens is 379 g/mol. The first-order valence-corrected chi connectivity index (χ1v) is 13.8. The zero-order valence-electron chi connectivity index (χ0n) is 15.4. The first-order valence-electron chi connectivity index (χ1n) is 9.93. The fourth-order valence-electron chi connectivity index (χ4n) is 4.10. The number of piperidine rings is 2. The molecule has 2 aromatic rings. The van der Waals surface area contributed by atoms with Crippen molar-refractivity contribution < 1.29 is 0 Å². The van der Waals surface area contributed by atoms with E-state index in [2.05, 4.69) is 32.5 Å². The minimum atomic E-state index is -1.60. The van der Waals surface area contributed by atoms with Gasteiger partial charge >= 0.3 is 0 Å². The quantitative estimate of drug-likeness (QED) is 0.541. The fourth-order valence-corrected chi connectivity index (χ4v) is 10.3. The van der Waals surface area contributed by atoms with E-state index >= 15 is 0 Å². The molecule has 1 aromatic carbocycles. The molecule has 3 heterocycles. The van der Waals surface area contributed by atoms with Crippen LogP contribution in [0, 0.1) is 0 Å². The second-order valence-corrected chi connectivity index (χ2v) is 13.1. The van der Waals surface area contributed by atoms with E-state index in [-0.39, 0.29) is 0 Å². The van der Waals surface area contributed by atoms with Gasteiger partial charge in [0, 0.05) is 38.1 Å². The minimum Gasteiger partial charge on any atom is -0.333 e. The van der Waals surface area contributed by atoms with E-state index in [0.717, 1.165) is 28.1 Å². The summed E-state index contributed by atoms with van der Waals surface area (Å²) in [5.41, 5.74) is 2.18. The number of benzene rings is 1. The summed E-state index contributed by atoms with van der Waals surface area (Å²) in [6.07, 6.45) is 7.56. The minimum absolute atomic E-state index is 1.03. The third-order valence-electron chi connectivity index (χ3n) is 5.54. The van der Waals surface area contributed by atoms with E-state index in [4.69, 9.17) is 16.8 Å². The van der Waals surface area contributed by atoms with Crippen molar-refractivity contribution in [1.82, 2.24) is 19.3 Å². The molecule has 1 aromatic heterocycles. The Morgan fingerprint density at radius 3 is 2.19 bits per heavy atom. The Balaban J connectivity index is 1.44. The summed E-state index contributed by atoms with van der Waals surface area (Å²) in [5, 5.41) is 1.03. The third kappa shape index (κ3) is 4.20. The van der Waals surface area contributed by atoms with Gasteiger partial charge in [0.15, 0.2) is 5.16 Å². The highest BCUT2D eigenvalue weighted by Gasteiger charge is 2.33. The zero-order chi connectivity index (χ0) is 17.8. The molecule has 0 radical (unpaired) electrons. The number of aromatic amines is 1. The summed E-state index contributed by atoms with van der Waals surface area (Å²) in [7, 11) is 0. The number of thioether (sulfide) groups is 1. The molecule has 0 aliphatic carbocycles. The van der Waals surface area contributed by atoms with Crippen molar-refractivity contribution in [3.63, 3.8) is 0 Å². The third-order valence-corrected chi connectivity index (χ3v) is 12.0. The monoisotopic (exact) mass is 408 g/mol. The lowest BCUT2D eigenvalue weighted by atomic mass is 10.2. The summed E-state index contributed by atoms with van der Waals surface area (Å²) in [6.45, 7) is 4.85. The number of hydrogen-bond donors (Lipinski definition) is 1. The lowest BCUT2D eigenvalue weighted by Crippen LogP contribution is -2.39. The maximum atomic E-state index is 6.44. The van der Waals surface area contributed by atoms with Gasteiger partial charge in [0.05, 0.1) is 17.4 Å². The predicted molar refractivity (Wildman–Crippen MR) is 117 cm³/mol. The highest BCUT2D eigenvalue weighted by Crippen LogP contribution is 2.55. The maximum Gasteiger partial charge on any atom is 0.166 e. The van der Waals surface area contributed by atoms with Gasteiger partial charge in [0.2, 0.25) is 0 Å². The van der Waals surface area contributed by atoms with Gasteiger partial charge in [0.1, 0.15) is 0 Å². The molecule has 0 spiro atoms. The highest BCUT2D eigenvalue weighted by atomic mass is 32.4. The number of fused-ring (bicyclic) bond motifs is 1. The Morgan fingerprint density at radius 1 is 0.962 bits per heavy atom. The van der Waals surface area contributed by atoms with Gasteiger partial charge in [-0.05, 0) is 37.8 Å². The van der Waals surface area contributed by atoms with Crippen LogP contribution in [0.4, 0.5) is 0 Å². The van der Waals surface area contributed by atoms with E-state index in [1.807, 2.05) is 17.8 Å². The molecule has 26 heavy (non-hydrogen) atoms. The van der Waals surface area contributed by atoms with Gasteiger partial charge in [-0.25, -0.2) is 4.98 Å². The summed E-state index contributed by atoms with van der Waals surface area (Å²) >= 11 is 8.28. The van der Waals surface area contributed by atoms with E-state index in [9.17, 15) is 0 Å². The highest BCUT2D eigenvalue weighted by molar-refractivity contribution is 8.12. The number of nitrogens with zero attached hydrogens (tertiary/aromatic N) is 3. The Hall–Kier alpha value is -0.390. The van der Waals surface area contributed by atoms with Crippen LogP contribution in [0.3, 0.4) is 0 Å². The van der Waals surface area contributed by atoms with Crippen LogP contribution in [-0.4, -0.2) is 57.4 Å². The van der Waals surface area contributed by atoms with Crippen LogP contribution in [0.5, 0.6) is 0 Å². The Bertz CT molecular complexity index is 711. The van der Waals surface area contributed by atoms with Crippen LogP contribution in [0.1, 0.15) is 38.5 Å². The number of hydrogen-bond acceptors (Lipinski definition) is 3. The van der Waals surface area contributed by atoms with Crippen LogP contribution in [0.15, 0.2) is 29.4 Å². The van der Waals surface area contributed by atoms with Gasteiger partial charge in [-0.1, -0.05) is 48.5 Å². The molecule has 1 N–H and O–H groups in total. The van der Waals surface area contributed by atoms with Crippen molar-refractivity contribution in [2.24, 2.45) is 0 Å². The molecule has 4 rings (SSSR count). The van der Waals surface area contributed by atoms with Crippen molar-refractivity contribution in [2.75, 3.05) is 38.1 Å². The van der Waals surface area contributed by atoms with Gasteiger partial charge in [-0.2, -0.15) is 0 Å². The van der Waals surface area contributed by atoms with E-state index in [1.54, 1.807) is 0 Å². The standard InChI is InChI=1S/C19H29N4PS2/c25-24(22-11-5-1-6-12-22,23-13-7-2-8-14-23)15-16-26-19-20-17-9-3-4-10-18(17)21-19/h3-4,9-10H,1-2,5-8,11-16H2,(H,20,21). The van der Waals surface area contributed by atoms with Crippen molar-refractivity contribution in [2.45, 2.75) is 43.7 Å². The van der Waals surface area contributed by atoms with Crippen molar-refractivity contribution in [3.05, 3.63) is 24.3 Å². The number of aromatic nitrogens is 2. The molecule has 2 saturated heterocycles. The number of H-pyrrole nitrogens is 1. The fraction of sp³-hybridized carbons (Fsp3) is 0.632. The van der Waals surface area contributed by atoms with Gasteiger partial charge in [-0.3, -0.25) is 9.34 Å². The molecule has 0 amide bonds. The summed E-state index contributed by atoms with van der Waals surface area (Å²) in [5.74, 6) is 1.06. The molecule has 0 saturated carbocycles.